The lowest BCUT2D eigenvalue weighted by atomic mass is 10.2. The van der Waals surface area contributed by atoms with Gasteiger partial charge in [0, 0.05) is 26.2 Å². The first-order valence-electron chi connectivity index (χ1n) is 4.86. The largest absolute Gasteiger partial charge is 0.328 e. The fraction of sp³-hybridized carbons (Fsp3) is 1.00. The quantitative estimate of drug-likeness (QED) is 0.633. The molecule has 0 radical (unpaired) electrons. The van der Waals surface area contributed by atoms with Crippen LogP contribution in [-0.2, 0) is 10.2 Å². The van der Waals surface area contributed by atoms with Gasteiger partial charge in [-0.05, 0) is 19.8 Å². The van der Waals surface area contributed by atoms with Gasteiger partial charge < -0.3 is 5.73 Å². The van der Waals surface area contributed by atoms with Crippen molar-refractivity contribution in [2.24, 2.45) is 5.73 Å². The second kappa shape index (κ2) is 6.34. The van der Waals surface area contributed by atoms with E-state index >= 15 is 0 Å². The third-order valence-electron chi connectivity index (χ3n) is 1.84. The van der Waals surface area contributed by atoms with Crippen LogP contribution < -0.4 is 10.5 Å². The molecule has 1 atom stereocenters. The topological polar surface area (TPSA) is 75.4 Å². The minimum Gasteiger partial charge on any atom is -0.328 e. The molecule has 0 spiro atoms. The molecule has 0 aromatic heterocycles. The van der Waals surface area contributed by atoms with Gasteiger partial charge in [-0.2, -0.15) is 12.7 Å². The molecule has 0 aromatic carbocycles. The van der Waals surface area contributed by atoms with Gasteiger partial charge in [0.05, 0.1) is 0 Å². The van der Waals surface area contributed by atoms with Crippen LogP contribution in [0.5, 0.6) is 0 Å². The summed E-state index contributed by atoms with van der Waals surface area (Å²) in [6.45, 7) is 4.71. The number of nitrogens with one attached hydrogen (secondary N) is 1. The smallest absolute Gasteiger partial charge is 0.279 e. The molecule has 0 heterocycles. The van der Waals surface area contributed by atoms with Gasteiger partial charge >= 0.3 is 0 Å². The van der Waals surface area contributed by atoms with Crippen LogP contribution >= 0.6 is 0 Å². The summed E-state index contributed by atoms with van der Waals surface area (Å²) in [5.74, 6) is 0. The van der Waals surface area contributed by atoms with E-state index in [0.717, 1.165) is 6.42 Å². The zero-order chi connectivity index (χ0) is 11.2. The van der Waals surface area contributed by atoms with Crippen LogP contribution in [0.15, 0.2) is 0 Å². The first-order chi connectivity index (χ1) is 6.40. The monoisotopic (exact) mass is 223 g/mol. The van der Waals surface area contributed by atoms with Gasteiger partial charge in [0.2, 0.25) is 0 Å². The maximum absolute atomic E-state index is 11.5. The van der Waals surface area contributed by atoms with E-state index in [9.17, 15) is 8.42 Å². The lowest BCUT2D eigenvalue weighted by molar-refractivity contribution is 0.437. The summed E-state index contributed by atoms with van der Waals surface area (Å²) < 4.78 is 26.7. The Hall–Kier alpha value is -0.170. The minimum atomic E-state index is -3.29. The van der Waals surface area contributed by atoms with E-state index in [0.29, 0.717) is 19.5 Å². The summed E-state index contributed by atoms with van der Waals surface area (Å²) in [6.07, 6.45) is 1.46. The third-order valence-corrected chi connectivity index (χ3v) is 3.42. The average molecular weight is 223 g/mol. The highest BCUT2D eigenvalue weighted by Gasteiger charge is 2.15. The highest BCUT2D eigenvalue weighted by atomic mass is 32.2. The van der Waals surface area contributed by atoms with Crippen LogP contribution in [0.3, 0.4) is 0 Å². The van der Waals surface area contributed by atoms with E-state index < -0.39 is 10.2 Å². The molecule has 5 nitrogen and oxygen atoms in total. The summed E-state index contributed by atoms with van der Waals surface area (Å²) in [7, 11) is -1.73. The Labute approximate surface area is 86.8 Å². The molecule has 14 heavy (non-hydrogen) atoms. The normalized spacial score (nSPS) is 14.6. The molecule has 86 valence electrons. The van der Waals surface area contributed by atoms with E-state index in [1.807, 2.05) is 13.8 Å². The van der Waals surface area contributed by atoms with Crippen LogP contribution in [0.4, 0.5) is 0 Å². The van der Waals surface area contributed by atoms with E-state index in [2.05, 4.69) is 4.72 Å². The molecule has 0 aromatic rings. The fourth-order valence-corrected chi connectivity index (χ4v) is 1.88. The van der Waals surface area contributed by atoms with Crippen LogP contribution in [-0.4, -0.2) is 38.9 Å². The van der Waals surface area contributed by atoms with Crippen LogP contribution in [0.2, 0.25) is 0 Å². The second-order valence-corrected chi connectivity index (χ2v) is 5.35. The van der Waals surface area contributed by atoms with Crippen molar-refractivity contribution in [3.05, 3.63) is 0 Å². The lowest BCUT2D eigenvalue weighted by Gasteiger charge is -2.18. The Morgan fingerprint density at radius 2 is 2.07 bits per heavy atom. The molecule has 0 rings (SSSR count). The summed E-state index contributed by atoms with van der Waals surface area (Å²) in [5.41, 5.74) is 5.54. The number of nitrogens with two attached hydrogens (primary N) is 1. The molecular weight excluding hydrogens is 202 g/mol. The zero-order valence-corrected chi connectivity index (χ0v) is 9.97. The maximum Gasteiger partial charge on any atom is 0.279 e. The lowest BCUT2D eigenvalue weighted by Crippen LogP contribution is -2.40. The molecule has 0 bridgehead atoms. The Bertz CT molecular complexity index is 239. The van der Waals surface area contributed by atoms with Crippen molar-refractivity contribution < 1.29 is 8.42 Å². The molecule has 1 unspecified atom stereocenters. The molecule has 6 heteroatoms. The first kappa shape index (κ1) is 13.8. The molecule has 3 N–H and O–H groups in total. The molecule has 0 amide bonds. The van der Waals surface area contributed by atoms with Gasteiger partial charge in [-0.1, -0.05) is 6.92 Å². The zero-order valence-electron chi connectivity index (χ0n) is 9.16. The summed E-state index contributed by atoms with van der Waals surface area (Å²) >= 11 is 0. The summed E-state index contributed by atoms with van der Waals surface area (Å²) in [6, 6.07) is 0.0267. The predicted molar refractivity (Wildman–Crippen MR) is 58.1 cm³/mol. The predicted octanol–water partition coefficient (Wildman–Crippen LogP) is -0.100. The van der Waals surface area contributed by atoms with Gasteiger partial charge in [-0.25, -0.2) is 4.72 Å². The van der Waals surface area contributed by atoms with Crippen molar-refractivity contribution >= 4 is 10.2 Å². The van der Waals surface area contributed by atoms with Crippen molar-refractivity contribution in [1.82, 2.24) is 9.03 Å². The van der Waals surface area contributed by atoms with Crippen molar-refractivity contribution in [2.75, 3.05) is 20.1 Å². The van der Waals surface area contributed by atoms with E-state index in [-0.39, 0.29) is 6.04 Å². The van der Waals surface area contributed by atoms with Crippen LogP contribution in [0, 0.1) is 0 Å². The maximum atomic E-state index is 11.5. The number of nitrogens with zero attached hydrogens (tertiary/aromatic N) is 1. The Kier molecular flexibility index (Phi) is 6.26. The van der Waals surface area contributed by atoms with Crippen LogP contribution in [0.25, 0.3) is 0 Å². The second-order valence-electron chi connectivity index (χ2n) is 3.49. The van der Waals surface area contributed by atoms with E-state index in [1.165, 1.54) is 4.31 Å². The third kappa shape index (κ3) is 5.54. The molecule has 0 aliphatic carbocycles. The average Bonchev–Trinajstić information content (AvgIpc) is 2.10. The standard InChI is InChI=1S/C8H21N3O2S/c1-4-6-10-14(12,13)11(3)7-5-8(2)9/h8,10H,4-7,9H2,1-3H3. The van der Waals surface area contributed by atoms with E-state index in [4.69, 9.17) is 5.73 Å². The molecule has 0 aliphatic heterocycles. The van der Waals surface area contributed by atoms with Crippen molar-refractivity contribution in [1.29, 1.82) is 0 Å². The van der Waals surface area contributed by atoms with Gasteiger partial charge in [0.25, 0.3) is 10.2 Å². The minimum absolute atomic E-state index is 0.0267. The van der Waals surface area contributed by atoms with Gasteiger partial charge in [0.15, 0.2) is 0 Å². The molecule has 0 saturated heterocycles. The highest BCUT2D eigenvalue weighted by Crippen LogP contribution is 1.97. The van der Waals surface area contributed by atoms with Crippen molar-refractivity contribution in [2.45, 2.75) is 32.7 Å². The Morgan fingerprint density at radius 1 is 1.50 bits per heavy atom. The summed E-state index contributed by atoms with van der Waals surface area (Å²) in [4.78, 5) is 0. The van der Waals surface area contributed by atoms with Gasteiger partial charge in [-0.15, -0.1) is 0 Å². The van der Waals surface area contributed by atoms with Crippen molar-refractivity contribution in [3.63, 3.8) is 0 Å². The molecule has 0 saturated carbocycles. The van der Waals surface area contributed by atoms with E-state index in [1.54, 1.807) is 7.05 Å². The SMILES string of the molecule is CCCNS(=O)(=O)N(C)CCC(C)N. The molecular formula is C8H21N3O2S. The fourth-order valence-electron chi connectivity index (χ4n) is 0.847. The first-order valence-corrected chi connectivity index (χ1v) is 6.30. The Morgan fingerprint density at radius 3 is 2.50 bits per heavy atom. The molecule has 0 fully saturated rings. The Balaban J connectivity index is 4.01. The van der Waals surface area contributed by atoms with Gasteiger partial charge in [-0.3, -0.25) is 0 Å². The van der Waals surface area contributed by atoms with Crippen molar-refractivity contribution in [3.8, 4) is 0 Å². The van der Waals surface area contributed by atoms with Crippen LogP contribution in [0.1, 0.15) is 26.7 Å². The number of hydrogen-bond donors (Lipinski definition) is 2. The summed E-state index contributed by atoms with van der Waals surface area (Å²) in [5, 5.41) is 0. The number of hydrogen-bond acceptors (Lipinski definition) is 3. The number of rotatable bonds is 7. The van der Waals surface area contributed by atoms with Gasteiger partial charge in [0.1, 0.15) is 0 Å². The molecule has 0 aliphatic rings. The highest BCUT2D eigenvalue weighted by molar-refractivity contribution is 7.87.